The third-order valence-corrected chi connectivity index (χ3v) is 3.64. The van der Waals surface area contributed by atoms with Gasteiger partial charge in [0.05, 0.1) is 6.54 Å². The molecular formula is C15H31N3O. The van der Waals surface area contributed by atoms with Crippen molar-refractivity contribution < 1.29 is 4.79 Å². The van der Waals surface area contributed by atoms with Gasteiger partial charge >= 0.3 is 0 Å². The lowest BCUT2D eigenvalue weighted by atomic mass is 10.1. The second-order valence-corrected chi connectivity index (χ2v) is 6.18. The summed E-state index contributed by atoms with van der Waals surface area (Å²) in [5, 5.41) is 6.27. The van der Waals surface area contributed by atoms with Gasteiger partial charge in [-0.05, 0) is 45.2 Å². The molecule has 112 valence electrons. The highest BCUT2D eigenvalue weighted by Gasteiger charge is 2.13. The van der Waals surface area contributed by atoms with E-state index in [-0.39, 0.29) is 5.91 Å². The van der Waals surface area contributed by atoms with E-state index in [1.807, 2.05) is 0 Å². The van der Waals surface area contributed by atoms with E-state index in [2.05, 4.69) is 36.3 Å². The lowest BCUT2D eigenvalue weighted by Gasteiger charge is -2.29. The first kappa shape index (κ1) is 16.4. The van der Waals surface area contributed by atoms with Crippen molar-refractivity contribution >= 4 is 5.91 Å². The van der Waals surface area contributed by atoms with Gasteiger partial charge in [0.15, 0.2) is 0 Å². The predicted octanol–water partition coefficient (Wildman–Crippen LogP) is 1.61. The number of hydrogen-bond donors (Lipinski definition) is 2. The number of amides is 1. The molecule has 0 aliphatic carbocycles. The molecule has 0 radical (unpaired) electrons. The molecule has 19 heavy (non-hydrogen) atoms. The molecule has 1 atom stereocenters. The summed E-state index contributed by atoms with van der Waals surface area (Å²) in [7, 11) is 0. The zero-order valence-electron chi connectivity index (χ0n) is 12.9. The maximum absolute atomic E-state index is 11.6. The van der Waals surface area contributed by atoms with Crippen LogP contribution in [0.1, 0.15) is 46.5 Å². The second kappa shape index (κ2) is 9.32. The minimum Gasteiger partial charge on any atom is -0.355 e. The summed E-state index contributed by atoms with van der Waals surface area (Å²) in [6.45, 7) is 11.2. The van der Waals surface area contributed by atoms with Crippen LogP contribution in [-0.2, 0) is 4.79 Å². The van der Waals surface area contributed by atoms with Gasteiger partial charge in [0.25, 0.3) is 0 Å². The highest BCUT2D eigenvalue weighted by atomic mass is 16.1. The van der Waals surface area contributed by atoms with Crippen LogP contribution in [0.4, 0.5) is 0 Å². The zero-order chi connectivity index (χ0) is 14.1. The Kier molecular flexibility index (Phi) is 8.07. The smallest absolute Gasteiger partial charge is 0.233 e. The topological polar surface area (TPSA) is 44.4 Å². The van der Waals surface area contributed by atoms with E-state index in [1.165, 1.54) is 32.4 Å². The molecule has 2 N–H and O–H groups in total. The zero-order valence-corrected chi connectivity index (χ0v) is 12.9. The highest BCUT2D eigenvalue weighted by molar-refractivity contribution is 5.77. The standard InChI is InChI=1S/C15H31N3O/c1-13(2)7-8-16-15(19)11-17-14(3)12-18-9-5-4-6-10-18/h13-14,17H,4-12H2,1-3H3,(H,16,19). The summed E-state index contributed by atoms with van der Waals surface area (Å²) in [5.41, 5.74) is 0. The Hall–Kier alpha value is -0.610. The summed E-state index contributed by atoms with van der Waals surface area (Å²) in [4.78, 5) is 14.1. The normalized spacial score (nSPS) is 18.5. The minimum absolute atomic E-state index is 0.117. The van der Waals surface area contributed by atoms with Crippen LogP contribution in [0.2, 0.25) is 0 Å². The van der Waals surface area contributed by atoms with E-state index < -0.39 is 0 Å². The van der Waals surface area contributed by atoms with Crippen LogP contribution in [0, 0.1) is 5.92 Å². The molecule has 0 aromatic carbocycles. The van der Waals surface area contributed by atoms with Gasteiger partial charge in [-0.15, -0.1) is 0 Å². The van der Waals surface area contributed by atoms with Crippen molar-refractivity contribution in [2.24, 2.45) is 5.92 Å². The number of piperidine rings is 1. The first-order valence-electron chi connectivity index (χ1n) is 7.80. The molecule has 0 bridgehead atoms. The van der Waals surface area contributed by atoms with E-state index in [9.17, 15) is 4.79 Å². The van der Waals surface area contributed by atoms with Crippen LogP contribution in [0.3, 0.4) is 0 Å². The average molecular weight is 269 g/mol. The highest BCUT2D eigenvalue weighted by Crippen LogP contribution is 2.08. The van der Waals surface area contributed by atoms with Crippen molar-refractivity contribution in [3.05, 3.63) is 0 Å². The van der Waals surface area contributed by atoms with Gasteiger partial charge in [-0.1, -0.05) is 20.3 Å². The van der Waals surface area contributed by atoms with Crippen LogP contribution in [0.5, 0.6) is 0 Å². The van der Waals surface area contributed by atoms with E-state index in [0.717, 1.165) is 19.5 Å². The van der Waals surface area contributed by atoms with Crippen LogP contribution >= 0.6 is 0 Å². The van der Waals surface area contributed by atoms with Gasteiger partial charge < -0.3 is 15.5 Å². The van der Waals surface area contributed by atoms with Crippen molar-refractivity contribution in [3.8, 4) is 0 Å². The summed E-state index contributed by atoms with van der Waals surface area (Å²) in [6.07, 6.45) is 5.07. The molecule has 4 heteroatoms. The van der Waals surface area contributed by atoms with Crippen molar-refractivity contribution in [2.45, 2.75) is 52.5 Å². The molecule has 1 saturated heterocycles. The number of nitrogens with one attached hydrogen (secondary N) is 2. The Labute approximate surface area is 118 Å². The molecule has 1 unspecified atom stereocenters. The summed E-state index contributed by atoms with van der Waals surface area (Å²) < 4.78 is 0. The van der Waals surface area contributed by atoms with Crippen LogP contribution in [0.25, 0.3) is 0 Å². The van der Waals surface area contributed by atoms with Crippen molar-refractivity contribution in [1.29, 1.82) is 0 Å². The number of carbonyl (C=O) groups is 1. The molecule has 0 aromatic rings. The van der Waals surface area contributed by atoms with Gasteiger partial charge in [-0.2, -0.15) is 0 Å². The third-order valence-electron chi connectivity index (χ3n) is 3.64. The van der Waals surface area contributed by atoms with E-state index in [1.54, 1.807) is 0 Å². The Bertz CT molecular complexity index is 250. The number of nitrogens with zero attached hydrogens (tertiary/aromatic N) is 1. The van der Waals surface area contributed by atoms with Crippen LogP contribution in [-0.4, -0.2) is 49.6 Å². The summed E-state index contributed by atoms with van der Waals surface area (Å²) >= 11 is 0. The molecule has 4 nitrogen and oxygen atoms in total. The predicted molar refractivity (Wildman–Crippen MR) is 80.2 cm³/mol. The van der Waals surface area contributed by atoms with Gasteiger partial charge in [-0.25, -0.2) is 0 Å². The summed E-state index contributed by atoms with van der Waals surface area (Å²) in [6, 6.07) is 0.383. The number of carbonyl (C=O) groups excluding carboxylic acids is 1. The fraction of sp³-hybridized carbons (Fsp3) is 0.933. The first-order chi connectivity index (χ1) is 9.08. The Morgan fingerprint density at radius 3 is 2.47 bits per heavy atom. The molecule has 0 spiro atoms. The molecule has 0 aromatic heterocycles. The second-order valence-electron chi connectivity index (χ2n) is 6.18. The van der Waals surface area contributed by atoms with Gasteiger partial charge in [0, 0.05) is 19.1 Å². The molecule has 1 amide bonds. The molecule has 1 fully saturated rings. The lowest BCUT2D eigenvalue weighted by Crippen LogP contribution is -2.45. The largest absolute Gasteiger partial charge is 0.355 e. The fourth-order valence-corrected chi connectivity index (χ4v) is 2.42. The van der Waals surface area contributed by atoms with Gasteiger partial charge in [0.2, 0.25) is 5.91 Å². The van der Waals surface area contributed by atoms with Crippen molar-refractivity contribution in [1.82, 2.24) is 15.5 Å². The van der Waals surface area contributed by atoms with Crippen LogP contribution in [0.15, 0.2) is 0 Å². The monoisotopic (exact) mass is 269 g/mol. The lowest BCUT2D eigenvalue weighted by molar-refractivity contribution is -0.120. The van der Waals surface area contributed by atoms with Gasteiger partial charge in [-0.3, -0.25) is 4.79 Å². The fourth-order valence-electron chi connectivity index (χ4n) is 2.42. The van der Waals surface area contributed by atoms with Crippen molar-refractivity contribution in [3.63, 3.8) is 0 Å². The SMILES string of the molecule is CC(C)CCNC(=O)CNC(C)CN1CCCCC1. The van der Waals surface area contributed by atoms with E-state index in [0.29, 0.717) is 18.5 Å². The Balaban J connectivity index is 2.04. The van der Waals surface area contributed by atoms with E-state index in [4.69, 9.17) is 0 Å². The quantitative estimate of drug-likeness (QED) is 0.704. The Morgan fingerprint density at radius 1 is 1.16 bits per heavy atom. The molecule has 1 aliphatic rings. The molecule has 1 heterocycles. The third kappa shape index (κ3) is 8.22. The number of likely N-dealkylation sites (tertiary alicyclic amines) is 1. The summed E-state index contributed by atoms with van der Waals surface area (Å²) in [5.74, 6) is 0.762. The maximum atomic E-state index is 11.6. The number of rotatable bonds is 8. The molecule has 0 saturated carbocycles. The molecule has 1 aliphatic heterocycles. The van der Waals surface area contributed by atoms with E-state index >= 15 is 0 Å². The Morgan fingerprint density at radius 2 is 1.84 bits per heavy atom. The van der Waals surface area contributed by atoms with Crippen molar-refractivity contribution in [2.75, 3.05) is 32.7 Å². The first-order valence-corrected chi connectivity index (χ1v) is 7.80. The number of hydrogen-bond acceptors (Lipinski definition) is 3. The minimum atomic E-state index is 0.117. The molecular weight excluding hydrogens is 238 g/mol. The molecule has 1 rings (SSSR count). The van der Waals surface area contributed by atoms with Crippen LogP contribution < -0.4 is 10.6 Å². The van der Waals surface area contributed by atoms with Gasteiger partial charge in [0.1, 0.15) is 0 Å². The maximum Gasteiger partial charge on any atom is 0.233 e. The average Bonchev–Trinajstić information content (AvgIpc) is 2.37.